The van der Waals surface area contributed by atoms with Crippen LogP contribution in [0.1, 0.15) is 45.4 Å². The Morgan fingerprint density at radius 1 is 1.25 bits per heavy atom. The van der Waals surface area contributed by atoms with Crippen LogP contribution in [-0.4, -0.2) is 44.4 Å². The zero-order valence-corrected chi connectivity index (χ0v) is 13.2. The van der Waals surface area contributed by atoms with E-state index in [0.29, 0.717) is 31.0 Å². The minimum absolute atomic E-state index is 0.190. The van der Waals surface area contributed by atoms with Crippen molar-refractivity contribution in [2.75, 3.05) is 19.6 Å². The molecule has 0 bridgehead atoms. The van der Waals surface area contributed by atoms with Crippen molar-refractivity contribution in [3.05, 3.63) is 0 Å². The molecule has 1 saturated heterocycles. The van der Waals surface area contributed by atoms with E-state index in [1.165, 1.54) is 12.8 Å². The Bertz CT molecular complexity index is 436. The molecule has 0 aromatic rings. The highest BCUT2D eigenvalue weighted by Crippen LogP contribution is 2.34. The third kappa shape index (κ3) is 3.72. The van der Waals surface area contributed by atoms with Gasteiger partial charge in [0.1, 0.15) is 0 Å². The summed E-state index contributed by atoms with van der Waals surface area (Å²) in [5, 5.41) is 3.53. The molecule has 3 unspecified atom stereocenters. The number of hydrogen-bond acceptors (Lipinski definition) is 3. The molecular weight excluding hydrogens is 274 g/mol. The lowest BCUT2D eigenvalue weighted by molar-refractivity contribution is 0.257. The standard InChI is InChI=1S/C14H27N3O2S/c1-2-12-8-14(12)16-20(18,19)17-7-3-4-11(10-17)9-15-13-5-6-13/h11-16H,2-10H2,1H3. The van der Waals surface area contributed by atoms with E-state index in [0.717, 1.165) is 32.2 Å². The molecule has 5 nitrogen and oxygen atoms in total. The highest BCUT2D eigenvalue weighted by Gasteiger charge is 2.40. The second-order valence-electron chi connectivity index (χ2n) is 6.68. The Hall–Kier alpha value is -0.170. The lowest BCUT2D eigenvalue weighted by atomic mass is 10.00. The van der Waals surface area contributed by atoms with Gasteiger partial charge in [-0.15, -0.1) is 0 Å². The number of hydrogen-bond donors (Lipinski definition) is 2. The lowest BCUT2D eigenvalue weighted by Gasteiger charge is -2.32. The van der Waals surface area contributed by atoms with E-state index in [9.17, 15) is 8.42 Å². The minimum atomic E-state index is -3.26. The summed E-state index contributed by atoms with van der Waals surface area (Å²) in [7, 11) is -3.26. The van der Waals surface area contributed by atoms with Crippen molar-refractivity contribution in [1.82, 2.24) is 14.3 Å². The second kappa shape index (κ2) is 5.91. The van der Waals surface area contributed by atoms with Gasteiger partial charge in [-0.2, -0.15) is 17.4 Å². The summed E-state index contributed by atoms with van der Waals surface area (Å²) in [6.07, 6.45) is 6.79. The Labute approximate surface area is 122 Å². The highest BCUT2D eigenvalue weighted by molar-refractivity contribution is 7.87. The van der Waals surface area contributed by atoms with Gasteiger partial charge in [-0.05, 0) is 50.5 Å². The third-order valence-corrected chi connectivity index (χ3v) is 6.45. The van der Waals surface area contributed by atoms with Crippen LogP contribution in [0.5, 0.6) is 0 Å². The van der Waals surface area contributed by atoms with E-state index in [1.807, 2.05) is 0 Å². The van der Waals surface area contributed by atoms with Gasteiger partial charge in [0.15, 0.2) is 0 Å². The molecule has 0 radical (unpaired) electrons. The summed E-state index contributed by atoms with van der Waals surface area (Å²) >= 11 is 0. The van der Waals surface area contributed by atoms with Gasteiger partial charge in [-0.1, -0.05) is 13.3 Å². The second-order valence-corrected chi connectivity index (χ2v) is 8.38. The Morgan fingerprint density at radius 2 is 2.05 bits per heavy atom. The highest BCUT2D eigenvalue weighted by atomic mass is 32.2. The monoisotopic (exact) mass is 301 g/mol. The molecule has 3 aliphatic rings. The Morgan fingerprint density at radius 3 is 2.70 bits per heavy atom. The van der Waals surface area contributed by atoms with Gasteiger partial charge in [-0.3, -0.25) is 0 Å². The predicted octanol–water partition coefficient (Wildman–Crippen LogP) is 1.08. The average molecular weight is 301 g/mol. The molecular formula is C14H27N3O2S. The zero-order valence-electron chi connectivity index (χ0n) is 12.3. The zero-order chi connectivity index (χ0) is 14.2. The van der Waals surface area contributed by atoms with Crippen molar-refractivity contribution in [2.24, 2.45) is 11.8 Å². The fourth-order valence-electron chi connectivity index (χ4n) is 3.14. The summed E-state index contributed by atoms with van der Waals surface area (Å²) in [6.45, 7) is 4.45. The van der Waals surface area contributed by atoms with Crippen LogP contribution < -0.4 is 10.0 Å². The van der Waals surface area contributed by atoms with Gasteiger partial charge in [-0.25, -0.2) is 0 Å². The average Bonchev–Trinajstić information content (AvgIpc) is 3.32. The van der Waals surface area contributed by atoms with Crippen molar-refractivity contribution in [3.8, 4) is 0 Å². The molecule has 0 aromatic carbocycles. The molecule has 1 heterocycles. The number of nitrogens with one attached hydrogen (secondary N) is 2. The van der Waals surface area contributed by atoms with Gasteiger partial charge < -0.3 is 5.32 Å². The van der Waals surface area contributed by atoms with E-state index in [4.69, 9.17) is 0 Å². The normalized spacial score (nSPS) is 35.1. The van der Waals surface area contributed by atoms with Crippen LogP contribution in [0.2, 0.25) is 0 Å². The molecule has 3 atom stereocenters. The van der Waals surface area contributed by atoms with Crippen molar-refractivity contribution in [3.63, 3.8) is 0 Å². The van der Waals surface area contributed by atoms with Crippen LogP contribution in [0.25, 0.3) is 0 Å². The lowest BCUT2D eigenvalue weighted by Crippen LogP contribution is -2.48. The summed E-state index contributed by atoms with van der Waals surface area (Å²) in [5.41, 5.74) is 0. The van der Waals surface area contributed by atoms with E-state index >= 15 is 0 Å². The topological polar surface area (TPSA) is 61.4 Å². The quantitative estimate of drug-likeness (QED) is 0.740. The van der Waals surface area contributed by atoms with Crippen LogP contribution in [0, 0.1) is 11.8 Å². The SMILES string of the molecule is CCC1CC1NS(=O)(=O)N1CCCC(CNC2CC2)C1. The van der Waals surface area contributed by atoms with Crippen molar-refractivity contribution >= 4 is 10.2 Å². The summed E-state index contributed by atoms with van der Waals surface area (Å²) in [5.74, 6) is 1.03. The summed E-state index contributed by atoms with van der Waals surface area (Å²) in [4.78, 5) is 0. The molecule has 0 amide bonds. The third-order valence-electron chi connectivity index (χ3n) is 4.84. The largest absolute Gasteiger partial charge is 0.314 e. The molecule has 2 N–H and O–H groups in total. The van der Waals surface area contributed by atoms with Crippen LogP contribution in [0.4, 0.5) is 0 Å². The van der Waals surface area contributed by atoms with Crippen molar-refractivity contribution in [2.45, 2.75) is 57.5 Å². The molecule has 2 aliphatic carbocycles. The molecule has 0 spiro atoms. The first-order chi connectivity index (χ1) is 9.58. The number of rotatable bonds is 7. The van der Waals surface area contributed by atoms with E-state index < -0.39 is 10.2 Å². The fourth-order valence-corrected chi connectivity index (χ4v) is 4.74. The molecule has 3 rings (SSSR count). The van der Waals surface area contributed by atoms with E-state index in [2.05, 4.69) is 17.0 Å². The van der Waals surface area contributed by atoms with Gasteiger partial charge in [0.25, 0.3) is 10.2 Å². The molecule has 6 heteroatoms. The first-order valence-corrected chi connectivity index (χ1v) is 9.53. The molecule has 116 valence electrons. The Balaban J connectivity index is 1.49. The molecule has 3 fully saturated rings. The first-order valence-electron chi connectivity index (χ1n) is 8.09. The summed E-state index contributed by atoms with van der Waals surface area (Å²) < 4.78 is 29.3. The number of nitrogens with zero attached hydrogens (tertiary/aromatic N) is 1. The van der Waals surface area contributed by atoms with Gasteiger partial charge in [0.05, 0.1) is 0 Å². The van der Waals surface area contributed by atoms with Crippen LogP contribution in [0.3, 0.4) is 0 Å². The molecule has 1 aliphatic heterocycles. The maximum absolute atomic E-state index is 12.4. The van der Waals surface area contributed by atoms with Crippen LogP contribution in [-0.2, 0) is 10.2 Å². The van der Waals surface area contributed by atoms with Gasteiger partial charge in [0.2, 0.25) is 0 Å². The smallest absolute Gasteiger partial charge is 0.279 e. The Kier molecular flexibility index (Phi) is 4.36. The van der Waals surface area contributed by atoms with E-state index in [-0.39, 0.29) is 6.04 Å². The summed E-state index contributed by atoms with van der Waals surface area (Å²) in [6, 6.07) is 0.895. The molecule has 20 heavy (non-hydrogen) atoms. The maximum atomic E-state index is 12.4. The maximum Gasteiger partial charge on any atom is 0.279 e. The number of piperidine rings is 1. The fraction of sp³-hybridized carbons (Fsp3) is 1.00. The van der Waals surface area contributed by atoms with Crippen LogP contribution >= 0.6 is 0 Å². The predicted molar refractivity (Wildman–Crippen MR) is 79.6 cm³/mol. The first kappa shape index (κ1) is 14.8. The van der Waals surface area contributed by atoms with Crippen LogP contribution in [0.15, 0.2) is 0 Å². The molecule has 0 aromatic heterocycles. The van der Waals surface area contributed by atoms with E-state index in [1.54, 1.807) is 4.31 Å². The van der Waals surface area contributed by atoms with Gasteiger partial charge >= 0.3 is 0 Å². The van der Waals surface area contributed by atoms with Crippen molar-refractivity contribution in [1.29, 1.82) is 0 Å². The minimum Gasteiger partial charge on any atom is -0.314 e. The molecule has 2 saturated carbocycles. The van der Waals surface area contributed by atoms with Gasteiger partial charge in [0, 0.05) is 25.2 Å². The van der Waals surface area contributed by atoms with Crippen molar-refractivity contribution < 1.29 is 8.42 Å².